The van der Waals surface area contributed by atoms with Gasteiger partial charge in [-0.15, -0.1) is 0 Å². The third-order valence-electron chi connectivity index (χ3n) is 4.02. The SMILES string of the molecule is COc1cccc(NC(=O)COc2ccc(/C=c3\sc4ncnn4c3=O)cc2)c1. The lowest BCUT2D eigenvalue weighted by Crippen LogP contribution is -2.23. The van der Waals surface area contributed by atoms with E-state index in [4.69, 9.17) is 9.47 Å². The zero-order valence-electron chi connectivity index (χ0n) is 15.4. The molecule has 146 valence electrons. The first-order valence-electron chi connectivity index (χ1n) is 8.63. The first kappa shape index (κ1) is 18.6. The first-order chi connectivity index (χ1) is 14.1. The molecule has 9 heteroatoms. The van der Waals surface area contributed by atoms with Gasteiger partial charge < -0.3 is 14.8 Å². The maximum atomic E-state index is 12.2. The van der Waals surface area contributed by atoms with Gasteiger partial charge in [0.05, 0.1) is 11.6 Å². The third-order valence-corrected chi connectivity index (χ3v) is 5.00. The van der Waals surface area contributed by atoms with Crippen molar-refractivity contribution in [3.63, 3.8) is 0 Å². The van der Waals surface area contributed by atoms with Gasteiger partial charge in [-0.25, -0.2) is 4.98 Å². The van der Waals surface area contributed by atoms with Gasteiger partial charge in [0.15, 0.2) is 6.61 Å². The summed E-state index contributed by atoms with van der Waals surface area (Å²) in [5.41, 5.74) is 1.27. The van der Waals surface area contributed by atoms with Gasteiger partial charge in [-0.05, 0) is 35.9 Å². The number of rotatable bonds is 6. The second kappa shape index (κ2) is 8.11. The van der Waals surface area contributed by atoms with Gasteiger partial charge in [-0.2, -0.15) is 9.61 Å². The predicted octanol–water partition coefficient (Wildman–Crippen LogP) is 1.72. The minimum Gasteiger partial charge on any atom is -0.497 e. The van der Waals surface area contributed by atoms with Crippen LogP contribution in [-0.4, -0.2) is 34.2 Å². The van der Waals surface area contributed by atoms with Crippen LogP contribution in [0.25, 0.3) is 11.0 Å². The quantitative estimate of drug-likeness (QED) is 0.522. The topological polar surface area (TPSA) is 94.8 Å². The molecule has 1 amide bonds. The van der Waals surface area contributed by atoms with Crippen LogP contribution < -0.4 is 24.9 Å². The maximum absolute atomic E-state index is 12.2. The van der Waals surface area contributed by atoms with Crippen molar-refractivity contribution in [1.82, 2.24) is 14.6 Å². The van der Waals surface area contributed by atoms with Crippen LogP contribution in [-0.2, 0) is 4.79 Å². The number of methoxy groups -OCH3 is 1. The summed E-state index contributed by atoms with van der Waals surface area (Å²) in [6, 6.07) is 14.2. The molecule has 0 bridgehead atoms. The molecule has 0 aliphatic carbocycles. The Morgan fingerprint density at radius 2 is 2.03 bits per heavy atom. The normalized spacial score (nSPS) is 11.6. The van der Waals surface area contributed by atoms with Gasteiger partial charge in [-0.3, -0.25) is 9.59 Å². The van der Waals surface area contributed by atoms with Crippen molar-refractivity contribution in [2.24, 2.45) is 0 Å². The molecule has 0 saturated heterocycles. The summed E-state index contributed by atoms with van der Waals surface area (Å²) in [6.07, 6.45) is 3.12. The number of aromatic nitrogens is 3. The van der Waals surface area contributed by atoms with E-state index in [2.05, 4.69) is 15.4 Å². The van der Waals surface area contributed by atoms with Crippen LogP contribution in [0.5, 0.6) is 11.5 Å². The lowest BCUT2D eigenvalue weighted by Gasteiger charge is -2.08. The molecule has 2 heterocycles. The van der Waals surface area contributed by atoms with Crippen molar-refractivity contribution < 1.29 is 14.3 Å². The fraction of sp³-hybridized carbons (Fsp3) is 0.100. The predicted molar refractivity (Wildman–Crippen MR) is 109 cm³/mol. The van der Waals surface area contributed by atoms with Crippen LogP contribution in [0.2, 0.25) is 0 Å². The largest absolute Gasteiger partial charge is 0.497 e. The van der Waals surface area contributed by atoms with E-state index >= 15 is 0 Å². The van der Waals surface area contributed by atoms with E-state index in [1.165, 1.54) is 22.2 Å². The second-order valence-electron chi connectivity index (χ2n) is 6.01. The molecule has 29 heavy (non-hydrogen) atoms. The summed E-state index contributed by atoms with van der Waals surface area (Å²) in [6.45, 7) is -0.126. The maximum Gasteiger partial charge on any atom is 0.291 e. The van der Waals surface area contributed by atoms with Crippen molar-refractivity contribution in [1.29, 1.82) is 0 Å². The number of hydrogen-bond donors (Lipinski definition) is 1. The number of anilines is 1. The molecule has 0 unspecified atom stereocenters. The number of benzene rings is 2. The Kier molecular flexibility index (Phi) is 5.21. The molecule has 1 N–H and O–H groups in total. The molecule has 0 aliphatic rings. The molecule has 0 atom stereocenters. The highest BCUT2D eigenvalue weighted by Gasteiger charge is 2.06. The number of ether oxygens (including phenoxy) is 2. The van der Waals surface area contributed by atoms with Crippen LogP contribution >= 0.6 is 11.3 Å². The van der Waals surface area contributed by atoms with Gasteiger partial charge in [0.25, 0.3) is 11.5 Å². The van der Waals surface area contributed by atoms with E-state index in [9.17, 15) is 9.59 Å². The molecule has 2 aromatic heterocycles. The highest BCUT2D eigenvalue weighted by molar-refractivity contribution is 7.15. The Bertz CT molecular complexity index is 1260. The van der Waals surface area contributed by atoms with Crippen LogP contribution in [0.15, 0.2) is 59.7 Å². The second-order valence-corrected chi connectivity index (χ2v) is 7.02. The van der Waals surface area contributed by atoms with E-state index in [1.54, 1.807) is 49.6 Å². The molecule has 8 nitrogen and oxygen atoms in total. The number of nitrogens with zero attached hydrogens (tertiary/aromatic N) is 3. The third kappa shape index (κ3) is 4.25. The summed E-state index contributed by atoms with van der Waals surface area (Å²) < 4.78 is 12.5. The molecule has 4 aromatic rings. The van der Waals surface area contributed by atoms with E-state index in [-0.39, 0.29) is 18.1 Å². The highest BCUT2D eigenvalue weighted by Crippen LogP contribution is 2.17. The molecular weight excluding hydrogens is 392 g/mol. The monoisotopic (exact) mass is 408 g/mol. The van der Waals surface area contributed by atoms with Crippen LogP contribution in [0, 0.1) is 0 Å². The summed E-state index contributed by atoms with van der Waals surface area (Å²) in [4.78, 5) is 28.8. The van der Waals surface area contributed by atoms with Crippen LogP contribution in [0.3, 0.4) is 0 Å². The van der Waals surface area contributed by atoms with Crippen molar-refractivity contribution in [2.45, 2.75) is 0 Å². The minimum atomic E-state index is -0.278. The average Bonchev–Trinajstić information content (AvgIpc) is 3.31. The number of fused-ring (bicyclic) bond motifs is 1. The van der Waals surface area contributed by atoms with Crippen molar-refractivity contribution in [3.05, 3.63) is 75.3 Å². The fourth-order valence-corrected chi connectivity index (χ4v) is 3.52. The van der Waals surface area contributed by atoms with E-state index in [0.29, 0.717) is 26.7 Å². The lowest BCUT2D eigenvalue weighted by molar-refractivity contribution is -0.118. The number of carbonyl (C=O) groups is 1. The van der Waals surface area contributed by atoms with Crippen LogP contribution in [0.1, 0.15) is 5.56 Å². The molecule has 4 rings (SSSR count). The van der Waals surface area contributed by atoms with Gasteiger partial charge in [0.2, 0.25) is 4.96 Å². The smallest absolute Gasteiger partial charge is 0.291 e. The Morgan fingerprint density at radius 3 is 2.79 bits per heavy atom. The summed E-state index contributed by atoms with van der Waals surface area (Å²) >= 11 is 1.28. The van der Waals surface area contributed by atoms with Gasteiger partial charge >= 0.3 is 0 Å². The zero-order valence-corrected chi connectivity index (χ0v) is 16.2. The van der Waals surface area contributed by atoms with E-state index in [1.807, 2.05) is 12.1 Å². The van der Waals surface area contributed by atoms with Gasteiger partial charge in [0.1, 0.15) is 17.8 Å². The standard InChI is InChI=1S/C20H16N4O4S/c1-27-16-4-2-3-14(10-16)23-18(25)11-28-15-7-5-13(6-8-15)9-17-19(26)24-20(29-17)21-12-22-24/h2-10,12H,11H2,1H3,(H,23,25)/b17-9-. The van der Waals surface area contributed by atoms with Crippen molar-refractivity contribution in [2.75, 3.05) is 19.0 Å². The van der Waals surface area contributed by atoms with Crippen molar-refractivity contribution >= 4 is 34.0 Å². The number of hydrogen-bond acceptors (Lipinski definition) is 7. The molecular formula is C20H16N4O4S. The average molecular weight is 408 g/mol. The molecule has 0 spiro atoms. The number of thiazole rings is 1. The molecule has 2 aromatic carbocycles. The molecule has 0 fully saturated rings. The first-order valence-corrected chi connectivity index (χ1v) is 9.45. The summed E-state index contributed by atoms with van der Waals surface area (Å²) in [5.74, 6) is 0.930. The lowest BCUT2D eigenvalue weighted by atomic mass is 10.2. The van der Waals surface area contributed by atoms with E-state index < -0.39 is 0 Å². The summed E-state index contributed by atoms with van der Waals surface area (Å²) in [7, 11) is 1.57. The molecule has 0 aliphatic heterocycles. The van der Waals surface area contributed by atoms with E-state index in [0.717, 1.165) is 5.56 Å². The Morgan fingerprint density at radius 1 is 1.21 bits per heavy atom. The Hall–Kier alpha value is -3.72. The Balaban J connectivity index is 1.38. The molecule has 0 radical (unpaired) electrons. The van der Waals surface area contributed by atoms with Crippen molar-refractivity contribution in [3.8, 4) is 11.5 Å². The highest BCUT2D eigenvalue weighted by atomic mass is 32.1. The number of nitrogens with one attached hydrogen (secondary N) is 1. The Labute approximate surface area is 169 Å². The number of amides is 1. The zero-order chi connectivity index (χ0) is 20.2. The fourth-order valence-electron chi connectivity index (χ4n) is 2.64. The van der Waals surface area contributed by atoms with Gasteiger partial charge in [0, 0.05) is 11.8 Å². The molecule has 0 saturated carbocycles. The van der Waals surface area contributed by atoms with Crippen LogP contribution in [0.4, 0.5) is 5.69 Å². The van der Waals surface area contributed by atoms with Gasteiger partial charge in [-0.1, -0.05) is 29.5 Å². The minimum absolute atomic E-state index is 0.126. The number of carbonyl (C=O) groups excluding carboxylic acids is 1. The summed E-state index contributed by atoms with van der Waals surface area (Å²) in [5, 5.41) is 6.64.